The Hall–Kier alpha value is -1.38. The summed E-state index contributed by atoms with van der Waals surface area (Å²) in [5.41, 5.74) is 3.69. The van der Waals surface area contributed by atoms with Crippen molar-refractivity contribution in [2.45, 2.75) is 26.4 Å². The molecule has 0 spiro atoms. The van der Waals surface area contributed by atoms with Gasteiger partial charge in [-0.25, -0.2) is 0 Å². The summed E-state index contributed by atoms with van der Waals surface area (Å²) in [5.74, 6) is 0.382. The summed E-state index contributed by atoms with van der Waals surface area (Å²) < 4.78 is 5.50. The summed E-state index contributed by atoms with van der Waals surface area (Å²) in [7, 11) is 0. The first-order chi connectivity index (χ1) is 9.18. The second-order valence-corrected chi connectivity index (χ2v) is 5.24. The van der Waals surface area contributed by atoms with Crippen LogP contribution in [-0.4, -0.2) is 18.3 Å². The number of benzene rings is 1. The highest BCUT2D eigenvalue weighted by atomic mass is 16.5. The smallest absolute Gasteiger partial charge is 0.0824 e. The summed E-state index contributed by atoms with van der Waals surface area (Å²) in [6, 6.07) is 9.78. The number of aliphatic hydroxyl groups excluding tert-OH is 1. The topological polar surface area (TPSA) is 29.5 Å². The van der Waals surface area contributed by atoms with Crippen LogP contribution in [0.1, 0.15) is 31.9 Å². The third kappa shape index (κ3) is 3.79. The van der Waals surface area contributed by atoms with Gasteiger partial charge in [0, 0.05) is 5.92 Å². The maximum atomic E-state index is 10.1. The first-order valence-corrected chi connectivity index (χ1v) is 6.82. The van der Waals surface area contributed by atoms with Crippen molar-refractivity contribution in [3.63, 3.8) is 0 Å². The normalized spacial score (nSPS) is 21.0. The zero-order chi connectivity index (χ0) is 13.7. The number of ether oxygens (including phenoxy) is 1. The minimum atomic E-state index is -0.421. The van der Waals surface area contributed by atoms with Crippen LogP contribution in [0.5, 0.6) is 0 Å². The molecule has 2 rings (SSSR count). The van der Waals surface area contributed by atoms with Gasteiger partial charge in [0.25, 0.3) is 0 Å². The molecule has 1 aromatic rings. The Morgan fingerprint density at radius 1 is 1.37 bits per heavy atom. The van der Waals surface area contributed by atoms with Gasteiger partial charge >= 0.3 is 0 Å². The highest BCUT2D eigenvalue weighted by Gasteiger charge is 2.19. The lowest BCUT2D eigenvalue weighted by Gasteiger charge is -2.09. The molecule has 1 fully saturated rings. The predicted molar refractivity (Wildman–Crippen MR) is 77.8 cm³/mol. The van der Waals surface area contributed by atoms with E-state index in [9.17, 15) is 5.11 Å². The van der Waals surface area contributed by atoms with E-state index in [2.05, 4.69) is 26.0 Å². The van der Waals surface area contributed by atoms with Crippen molar-refractivity contribution in [1.82, 2.24) is 0 Å². The third-order valence-corrected chi connectivity index (χ3v) is 3.56. The highest BCUT2D eigenvalue weighted by molar-refractivity contribution is 5.22. The molecule has 2 atom stereocenters. The van der Waals surface area contributed by atoms with E-state index in [0.717, 1.165) is 18.8 Å². The molecule has 0 saturated carbocycles. The molecule has 0 radical (unpaired) electrons. The van der Waals surface area contributed by atoms with Gasteiger partial charge in [0.05, 0.1) is 19.3 Å². The van der Waals surface area contributed by atoms with Crippen molar-refractivity contribution >= 4 is 0 Å². The van der Waals surface area contributed by atoms with E-state index in [1.54, 1.807) is 0 Å². The molecule has 2 nitrogen and oxygen atoms in total. The molecule has 1 aliphatic rings. The zero-order valence-electron chi connectivity index (χ0n) is 11.7. The number of hydrogen-bond acceptors (Lipinski definition) is 2. The van der Waals surface area contributed by atoms with Crippen molar-refractivity contribution in [2.75, 3.05) is 13.2 Å². The highest BCUT2D eigenvalue weighted by Crippen LogP contribution is 2.25. The average Bonchev–Trinajstić information content (AvgIpc) is 2.88. The lowest BCUT2D eigenvalue weighted by Crippen LogP contribution is -2.00. The van der Waals surface area contributed by atoms with E-state index in [4.69, 9.17) is 4.74 Å². The molecule has 0 aliphatic carbocycles. The maximum Gasteiger partial charge on any atom is 0.0824 e. The average molecular weight is 258 g/mol. The standard InChI is InChI=1S/C17H22O2/c1-13(2)16-12-19-11-15(16)9-6-10-17(18)14-7-4-3-5-8-14/h3-9,15,17-18H,10-12H2,1-2H3/b9-6+/t15-,17+/m0/s1. The number of allylic oxidation sites excluding steroid dienone is 1. The van der Waals surface area contributed by atoms with Crippen LogP contribution in [0, 0.1) is 5.92 Å². The Balaban J connectivity index is 1.92. The summed E-state index contributed by atoms with van der Waals surface area (Å²) in [4.78, 5) is 0. The molecule has 19 heavy (non-hydrogen) atoms. The number of rotatable bonds is 4. The van der Waals surface area contributed by atoms with Crippen LogP contribution >= 0.6 is 0 Å². The van der Waals surface area contributed by atoms with E-state index in [1.165, 1.54) is 11.1 Å². The summed E-state index contributed by atoms with van der Waals surface area (Å²) >= 11 is 0. The lowest BCUT2D eigenvalue weighted by molar-refractivity contribution is 0.181. The molecule has 0 unspecified atom stereocenters. The molecule has 1 saturated heterocycles. The van der Waals surface area contributed by atoms with Crippen LogP contribution in [0.15, 0.2) is 53.6 Å². The van der Waals surface area contributed by atoms with Gasteiger partial charge in [-0.1, -0.05) is 48.1 Å². The van der Waals surface area contributed by atoms with Gasteiger partial charge in [-0.05, 0) is 31.4 Å². The van der Waals surface area contributed by atoms with Gasteiger partial charge in [-0.3, -0.25) is 0 Å². The summed E-state index contributed by atoms with van der Waals surface area (Å²) in [5, 5.41) is 10.1. The van der Waals surface area contributed by atoms with Crippen LogP contribution in [0.2, 0.25) is 0 Å². The molecule has 2 heteroatoms. The Morgan fingerprint density at radius 3 is 2.79 bits per heavy atom. The molecule has 102 valence electrons. The molecule has 1 aliphatic heterocycles. The van der Waals surface area contributed by atoms with Crippen LogP contribution in [0.4, 0.5) is 0 Å². The van der Waals surface area contributed by atoms with E-state index in [-0.39, 0.29) is 0 Å². The quantitative estimate of drug-likeness (QED) is 0.835. The SMILES string of the molecule is CC(C)=C1COC[C@@H]1/C=C/C[C@@H](O)c1ccccc1. The van der Waals surface area contributed by atoms with Crippen LogP contribution in [0.3, 0.4) is 0 Å². The molecule has 0 aromatic heterocycles. The zero-order valence-corrected chi connectivity index (χ0v) is 11.7. The second kappa shape index (κ2) is 6.69. The Kier molecular flexibility index (Phi) is 4.94. The van der Waals surface area contributed by atoms with Gasteiger partial charge < -0.3 is 9.84 Å². The van der Waals surface area contributed by atoms with Gasteiger partial charge in [-0.15, -0.1) is 0 Å². The first kappa shape index (κ1) is 14.0. The fraction of sp³-hybridized carbons (Fsp3) is 0.412. The van der Waals surface area contributed by atoms with Crippen molar-refractivity contribution < 1.29 is 9.84 Å². The summed E-state index contributed by atoms with van der Waals surface area (Å²) in [6.07, 6.45) is 4.47. The largest absolute Gasteiger partial charge is 0.388 e. The fourth-order valence-corrected chi connectivity index (χ4v) is 2.37. The molecule has 1 heterocycles. The fourth-order valence-electron chi connectivity index (χ4n) is 2.37. The lowest BCUT2D eigenvalue weighted by atomic mass is 9.97. The molecule has 0 bridgehead atoms. The second-order valence-electron chi connectivity index (χ2n) is 5.24. The monoisotopic (exact) mass is 258 g/mol. The van der Waals surface area contributed by atoms with E-state index in [1.807, 2.05) is 30.3 Å². The molecule has 1 aromatic carbocycles. The van der Waals surface area contributed by atoms with E-state index >= 15 is 0 Å². The van der Waals surface area contributed by atoms with Gasteiger partial charge in [-0.2, -0.15) is 0 Å². The molecular weight excluding hydrogens is 236 g/mol. The number of aliphatic hydroxyl groups is 1. The van der Waals surface area contributed by atoms with Crippen molar-refractivity contribution in [3.8, 4) is 0 Å². The van der Waals surface area contributed by atoms with Crippen LogP contribution in [-0.2, 0) is 4.74 Å². The molecular formula is C17H22O2. The minimum Gasteiger partial charge on any atom is -0.388 e. The molecule has 1 N–H and O–H groups in total. The Bertz CT molecular complexity index is 455. The van der Waals surface area contributed by atoms with Crippen molar-refractivity contribution in [3.05, 3.63) is 59.2 Å². The summed E-state index contributed by atoms with van der Waals surface area (Å²) in [6.45, 7) is 5.77. The predicted octanol–water partition coefficient (Wildman–Crippen LogP) is 3.65. The van der Waals surface area contributed by atoms with Gasteiger partial charge in [0.15, 0.2) is 0 Å². The Labute approximate surface area is 115 Å². The minimum absolute atomic E-state index is 0.382. The van der Waals surface area contributed by atoms with Crippen LogP contribution in [0.25, 0.3) is 0 Å². The molecule has 0 amide bonds. The maximum absolute atomic E-state index is 10.1. The number of hydrogen-bond donors (Lipinski definition) is 1. The van der Waals surface area contributed by atoms with Crippen molar-refractivity contribution in [1.29, 1.82) is 0 Å². The first-order valence-electron chi connectivity index (χ1n) is 6.82. The van der Waals surface area contributed by atoms with E-state index < -0.39 is 6.10 Å². The Morgan fingerprint density at radius 2 is 2.11 bits per heavy atom. The third-order valence-electron chi connectivity index (χ3n) is 3.56. The van der Waals surface area contributed by atoms with Gasteiger partial charge in [0.2, 0.25) is 0 Å². The van der Waals surface area contributed by atoms with Crippen molar-refractivity contribution in [2.24, 2.45) is 5.92 Å². The van der Waals surface area contributed by atoms with Crippen LogP contribution < -0.4 is 0 Å². The van der Waals surface area contributed by atoms with E-state index in [0.29, 0.717) is 12.3 Å². The van der Waals surface area contributed by atoms with Gasteiger partial charge in [0.1, 0.15) is 0 Å².